The average Bonchev–Trinajstić information content (AvgIpc) is 3.39. The van der Waals surface area contributed by atoms with Gasteiger partial charge in [0, 0.05) is 17.4 Å². The van der Waals surface area contributed by atoms with Crippen LogP contribution in [0.1, 0.15) is 28.9 Å². The van der Waals surface area contributed by atoms with Crippen LogP contribution in [-0.4, -0.2) is 39.3 Å². The lowest BCUT2D eigenvalue weighted by molar-refractivity contribution is 0.0937. The molecule has 3 N–H and O–H groups in total. The molecule has 1 unspecified atom stereocenters. The van der Waals surface area contributed by atoms with Crippen LogP contribution in [0.2, 0.25) is 5.02 Å². The van der Waals surface area contributed by atoms with Crippen LogP contribution in [0.5, 0.6) is 5.75 Å². The molecule has 0 aliphatic rings. The zero-order chi connectivity index (χ0) is 24.8. The van der Waals surface area contributed by atoms with Crippen LogP contribution >= 0.6 is 11.6 Å². The number of para-hydroxylation sites is 1. The maximum atomic E-state index is 13.0. The molecule has 10 nitrogen and oxygen atoms in total. The van der Waals surface area contributed by atoms with Gasteiger partial charge >= 0.3 is 6.03 Å². The summed E-state index contributed by atoms with van der Waals surface area (Å²) in [5.74, 6) is -0.0301. The summed E-state index contributed by atoms with van der Waals surface area (Å²) in [6.07, 6.45) is 1.40. The van der Waals surface area contributed by atoms with Gasteiger partial charge in [-0.2, -0.15) is 4.68 Å². The molecule has 35 heavy (non-hydrogen) atoms. The van der Waals surface area contributed by atoms with E-state index < -0.39 is 0 Å². The van der Waals surface area contributed by atoms with Gasteiger partial charge in [-0.15, -0.1) is 5.10 Å². The van der Waals surface area contributed by atoms with Gasteiger partial charge in [-0.05, 0) is 53.2 Å². The molecule has 0 radical (unpaired) electrons. The Morgan fingerprint density at radius 3 is 2.31 bits per heavy atom. The van der Waals surface area contributed by atoms with E-state index in [9.17, 15) is 9.59 Å². The zero-order valence-corrected chi connectivity index (χ0v) is 19.7. The number of aromatic nitrogens is 4. The van der Waals surface area contributed by atoms with Gasteiger partial charge in [-0.3, -0.25) is 4.79 Å². The molecule has 0 spiro atoms. The van der Waals surface area contributed by atoms with E-state index in [0.29, 0.717) is 27.8 Å². The van der Waals surface area contributed by atoms with Gasteiger partial charge in [0.2, 0.25) is 0 Å². The third kappa shape index (κ3) is 5.74. The lowest BCUT2D eigenvalue weighted by Gasteiger charge is -2.17. The highest BCUT2D eigenvalue weighted by Gasteiger charge is 2.19. The second kappa shape index (κ2) is 10.7. The van der Waals surface area contributed by atoms with Crippen molar-refractivity contribution >= 4 is 34.9 Å². The fourth-order valence-corrected chi connectivity index (χ4v) is 3.61. The second-order valence-electron chi connectivity index (χ2n) is 7.52. The molecule has 0 bridgehead atoms. The summed E-state index contributed by atoms with van der Waals surface area (Å²) in [6.45, 7) is 1.85. The van der Waals surface area contributed by atoms with Gasteiger partial charge in [-0.25, -0.2) is 4.79 Å². The summed E-state index contributed by atoms with van der Waals surface area (Å²) in [5.41, 5.74) is 2.92. The molecule has 4 rings (SSSR count). The van der Waals surface area contributed by atoms with Gasteiger partial charge in [-0.1, -0.05) is 41.9 Å². The predicted molar refractivity (Wildman–Crippen MR) is 132 cm³/mol. The van der Waals surface area contributed by atoms with Crippen LogP contribution in [0.25, 0.3) is 5.69 Å². The Morgan fingerprint density at radius 1 is 1.00 bits per heavy atom. The van der Waals surface area contributed by atoms with E-state index >= 15 is 0 Å². The van der Waals surface area contributed by atoms with Crippen molar-refractivity contribution in [2.24, 2.45) is 0 Å². The monoisotopic (exact) mass is 491 g/mol. The van der Waals surface area contributed by atoms with E-state index in [0.717, 1.165) is 5.56 Å². The molecule has 3 amide bonds. The van der Waals surface area contributed by atoms with E-state index in [2.05, 4.69) is 31.5 Å². The molecule has 178 valence electrons. The lowest BCUT2D eigenvalue weighted by Crippen LogP contribution is -2.27. The molecule has 0 saturated heterocycles. The van der Waals surface area contributed by atoms with Crippen molar-refractivity contribution in [1.82, 2.24) is 25.5 Å². The van der Waals surface area contributed by atoms with Gasteiger partial charge in [0.1, 0.15) is 12.1 Å². The smallest absolute Gasteiger partial charge is 0.323 e. The highest BCUT2D eigenvalue weighted by atomic mass is 35.5. The number of nitrogens with zero attached hydrogens (tertiary/aromatic N) is 4. The van der Waals surface area contributed by atoms with Crippen molar-refractivity contribution in [2.45, 2.75) is 13.0 Å². The number of benzene rings is 3. The standard InChI is InChI=1S/C24H22ClN7O3/c1-15(16-8-10-18(11-9-16)29-24(34)28-17-6-4-3-5-7-17)27-23(33)19-12-20(25)21(13-22(19)35-2)32-14-26-30-31-32/h3-15H,1-2H3,(H,27,33)(H2,28,29,34). The van der Waals surface area contributed by atoms with Crippen molar-refractivity contribution in [3.05, 3.63) is 89.2 Å². The van der Waals surface area contributed by atoms with E-state index in [1.54, 1.807) is 30.3 Å². The van der Waals surface area contributed by atoms with Crippen LogP contribution in [0.15, 0.2) is 73.1 Å². The molecule has 0 aliphatic heterocycles. The average molecular weight is 492 g/mol. The van der Waals surface area contributed by atoms with Crippen LogP contribution < -0.4 is 20.7 Å². The Kier molecular flexibility index (Phi) is 7.22. The summed E-state index contributed by atoms with van der Waals surface area (Å²) in [7, 11) is 1.46. The third-order valence-electron chi connectivity index (χ3n) is 5.16. The summed E-state index contributed by atoms with van der Waals surface area (Å²) in [4.78, 5) is 25.2. The first-order valence-corrected chi connectivity index (χ1v) is 11.0. The van der Waals surface area contributed by atoms with E-state index in [1.807, 2.05) is 37.3 Å². The number of amides is 3. The largest absolute Gasteiger partial charge is 0.496 e. The Labute approximate surface area is 206 Å². The van der Waals surface area contributed by atoms with Gasteiger partial charge in [0.25, 0.3) is 5.91 Å². The Hall–Kier alpha value is -4.44. The van der Waals surface area contributed by atoms with Gasteiger partial charge < -0.3 is 20.7 Å². The number of hydrogen-bond acceptors (Lipinski definition) is 6. The minimum absolute atomic E-state index is 0.275. The molecule has 4 aromatic rings. The topological polar surface area (TPSA) is 123 Å². The first-order valence-electron chi connectivity index (χ1n) is 10.6. The summed E-state index contributed by atoms with van der Waals surface area (Å²) in [5, 5.41) is 19.8. The maximum absolute atomic E-state index is 13.0. The number of rotatable bonds is 7. The van der Waals surface area contributed by atoms with Crippen LogP contribution in [0.3, 0.4) is 0 Å². The quantitative estimate of drug-likeness (QED) is 0.351. The molecule has 1 heterocycles. The molecule has 0 aliphatic carbocycles. The summed E-state index contributed by atoms with van der Waals surface area (Å²) < 4.78 is 6.78. The predicted octanol–water partition coefficient (Wildman–Crippen LogP) is 4.46. The zero-order valence-electron chi connectivity index (χ0n) is 18.9. The minimum Gasteiger partial charge on any atom is -0.496 e. The van der Waals surface area contributed by atoms with Crippen molar-refractivity contribution in [2.75, 3.05) is 17.7 Å². The molecule has 0 fully saturated rings. The highest BCUT2D eigenvalue weighted by molar-refractivity contribution is 6.33. The SMILES string of the molecule is COc1cc(-n2cnnn2)c(Cl)cc1C(=O)NC(C)c1ccc(NC(=O)Nc2ccccc2)cc1. The maximum Gasteiger partial charge on any atom is 0.323 e. The third-order valence-corrected chi connectivity index (χ3v) is 5.46. The lowest BCUT2D eigenvalue weighted by atomic mass is 10.1. The van der Waals surface area contributed by atoms with Gasteiger partial charge in [0.05, 0.1) is 29.4 Å². The molecule has 1 aromatic heterocycles. The number of tetrazole rings is 1. The molecular weight excluding hydrogens is 470 g/mol. The first-order chi connectivity index (χ1) is 16.9. The molecule has 11 heteroatoms. The number of urea groups is 1. The number of carbonyl (C=O) groups excluding carboxylic acids is 2. The van der Waals surface area contributed by atoms with E-state index in [1.165, 1.54) is 24.2 Å². The molecule has 1 atom stereocenters. The van der Waals surface area contributed by atoms with E-state index in [-0.39, 0.29) is 23.5 Å². The van der Waals surface area contributed by atoms with Crippen LogP contribution in [0.4, 0.5) is 16.2 Å². The fraction of sp³-hybridized carbons (Fsp3) is 0.125. The fourth-order valence-electron chi connectivity index (χ4n) is 3.36. The summed E-state index contributed by atoms with van der Waals surface area (Å²) in [6, 6.07) is 18.8. The Balaban J connectivity index is 1.41. The van der Waals surface area contributed by atoms with Crippen molar-refractivity contribution in [3.8, 4) is 11.4 Å². The normalized spacial score (nSPS) is 11.4. The number of anilines is 2. The first kappa shape index (κ1) is 23.7. The molecular formula is C24H22ClN7O3. The number of ether oxygens (including phenoxy) is 1. The number of nitrogens with one attached hydrogen (secondary N) is 3. The van der Waals surface area contributed by atoms with Crippen molar-refractivity contribution in [3.63, 3.8) is 0 Å². The van der Waals surface area contributed by atoms with Gasteiger partial charge in [0.15, 0.2) is 0 Å². The highest BCUT2D eigenvalue weighted by Crippen LogP contribution is 2.30. The Bertz CT molecular complexity index is 1310. The number of hydrogen-bond donors (Lipinski definition) is 3. The van der Waals surface area contributed by atoms with Crippen LogP contribution in [-0.2, 0) is 0 Å². The number of carbonyl (C=O) groups is 2. The van der Waals surface area contributed by atoms with Crippen molar-refractivity contribution in [1.29, 1.82) is 0 Å². The Morgan fingerprint density at radius 2 is 1.69 bits per heavy atom. The molecule has 3 aromatic carbocycles. The van der Waals surface area contributed by atoms with E-state index in [4.69, 9.17) is 16.3 Å². The minimum atomic E-state index is -0.357. The van der Waals surface area contributed by atoms with Crippen LogP contribution in [0, 0.1) is 0 Å². The second-order valence-corrected chi connectivity index (χ2v) is 7.93. The number of halogens is 1. The van der Waals surface area contributed by atoms with Crippen molar-refractivity contribution < 1.29 is 14.3 Å². The molecule has 0 saturated carbocycles. The summed E-state index contributed by atoms with van der Waals surface area (Å²) >= 11 is 6.37. The number of methoxy groups -OCH3 is 1.